The summed E-state index contributed by atoms with van der Waals surface area (Å²) in [7, 11) is 0. The molecule has 28 heavy (non-hydrogen) atoms. The van der Waals surface area contributed by atoms with Crippen LogP contribution in [0.3, 0.4) is 0 Å². The summed E-state index contributed by atoms with van der Waals surface area (Å²) in [6.07, 6.45) is 1.83. The molecule has 0 spiro atoms. The Kier molecular flexibility index (Phi) is 5.00. The lowest BCUT2D eigenvalue weighted by Gasteiger charge is -2.26. The third-order valence-electron chi connectivity index (χ3n) is 5.43. The van der Waals surface area contributed by atoms with Crippen molar-refractivity contribution in [2.75, 3.05) is 26.3 Å². The number of aromatic nitrogens is 3. The van der Waals surface area contributed by atoms with Crippen LogP contribution in [0.2, 0.25) is 0 Å². The van der Waals surface area contributed by atoms with E-state index < -0.39 is 0 Å². The van der Waals surface area contributed by atoms with Crippen LogP contribution in [0.4, 0.5) is 0 Å². The van der Waals surface area contributed by atoms with Crippen LogP contribution in [0.5, 0.6) is 0 Å². The van der Waals surface area contributed by atoms with Gasteiger partial charge in [0.15, 0.2) is 5.65 Å². The van der Waals surface area contributed by atoms with Gasteiger partial charge in [-0.1, -0.05) is 18.2 Å². The molecule has 146 valence electrons. The third kappa shape index (κ3) is 3.22. The average Bonchev–Trinajstić information content (AvgIpc) is 2.99. The molecule has 0 atom stereocenters. The van der Waals surface area contributed by atoms with E-state index in [1.807, 2.05) is 48.7 Å². The highest BCUT2D eigenvalue weighted by Gasteiger charge is 2.19. The molecule has 1 aliphatic heterocycles. The van der Waals surface area contributed by atoms with Crippen LogP contribution in [-0.2, 0) is 16.1 Å². The summed E-state index contributed by atoms with van der Waals surface area (Å²) in [6, 6.07) is 9.90. The normalized spacial score (nSPS) is 14.6. The maximum Gasteiger partial charge on any atom is 0.263 e. The number of hydrogen-bond acceptors (Lipinski definition) is 4. The summed E-state index contributed by atoms with van der Waals surface area (Å²) >= 11 is 0. The Morgan fingerprint density at radius 2 is 1.86 bits per heavy atom. The number of rotatable bonds is 4. The molecule has 7 nitrogen and oxygen atoms in total. The van der Waals surface area contributed by atoms with Gasteiger partial charge in [-0.3, -0.25) is 18.7 Å². The molecule has 0 saturated carbocycles. The molecular weight excluding hydrogens is 356 g/mol. The summed E-state index contributed by atoms with van der Waals surface area (Å²) in [4.78, 5) is 31.9. The first kappa shape index (κ1) is 18.4. The predicted molar refractivity (Wildman–Crippen MR) is 107 cm³/mol. The van der Waals surface area contributed by atoms with E-state index in [1.165, 1.54) is 0 Å². The summed E-state index contributed by atoms with van der Waals surface area (Å²) < 4.78 is 8.84. The highest BCUT2D eigenvalue weighted by atomic mass is 16.5. The van der Waals surface area contributed by atoms with Crippen molar-refractivity contribution in [2.45, 2.75) is 26.8 Å². The van der Waals surface area contributed by atoms with E-state index >= 15 is 0 Å². The molecule has 3 heterocycles. The number of nitrogens with zero attached hydrogens (tertiary/aromatic N) is 4. The summed E-state index contributed by atoms with van der Waals surface area (Å²) in [5.74, 6) is 0.0463. The van der Waals surface area contributed by atoms with E-state index in [0.717, 1.165) is 16.9 Å². The Morgan fingerprint density at radius 1 is 1.14 bits per heavy atom. The Morgan fingerprint density at radius 3 is 2.57 bits per heavy atom. The molecule has 7 heteroatoms. The quantitative estimate of drug-likeness (QED) is 0.695. The number of aryl methyl sites for hydroxylation is 2. The van der Waals surface area contributed by atoms with Gasteiger partial charge in [0, 0.05) is 37.4 Å². The standard InChI is InChI=1S/C21H24N4O3/c1-15-16(2)25(17-6-4-3-5-7-17)20-19(15)21(27)24(14-22-20)9-8-18(26)23-10-12-28-13-11-23/h3-7,14H,8-13H2,1-2H3. The summed E-state index contributed by atoms with van der Waals surface area (Å²) in [5.41, 5.74) is 3.44. The minimum atomic E-state index is -0.102. The molecule has 1 aliphatic rings. The number of para-hydroxylation sites is 1. The summed E-state index contributed by atoms with van der Waals surface area (Å²) in [6.45, 7) is 6.65. The molecule has 0 N–H and O–H groups in total. The van der Waals surface area contributed by atoms with Crippen molar-refractivity contribution in [1.29, 1.82) is 0 Å². The second-order valence-electron chi connectivity index (χ2n) is 7.07. The topological polar surface area (TPSA) is 69.4 Å². The van der Waals surface area contributed by atoms with Crippen LogP contribution >= 0.6 is 0 Å². The lowest BCUT2D eigenvalue weighted by atomic mass is 10.2. The van der Waals surface area contributed by atoms with Crippen molar-refractivity contribution in [1.82, 2.24) is 19.0 Å². The molecule has 0 aliphatic carbocycles. The molecule has 0 unspecified atom stereocenters. The number of carbonyl (C=O) groups excluding carboxylic acids is 1. The SMILES string of the molecule is Cc1c(C)n(-c2ccccc2)c2ncn(CCC(=O)N3CCOCC3)c(=O)c12. The third-order valence-corrected chi connectivity index (χ3v) is 5.43. The molecule has 1 fully saturated rings. The highest BCUT2D eigenvalue weighted by molar-refractivity contribution is 5.83. The van der Waals surface area contributed by atoms with Crippen molar-refractivity contribution < 1.29 is 9.53 Å². The zero-order valence-electron chi connectivity index (χ0n) is 16.2. The van der Waals surface area contributed by atoms with Crippen LogP contribution in [0.15, 0.2) is 41.5 Å². The van der Waals surface area contributed by atoms with Gasteiger partial charge >= 0.3 is 0 Å². The number of fused-ring (bicyclic) bond motifs is 1. The van der Waals surface area contributed by atoms with Crippen molar-refractivity contribution in [3.8, 4) is 5.69 Å². The van der Waals surface area contributed by atoms with Gasteiger partial charge in [-0.05, 0) is 31.5 Å². The number of amides is 1. The molecule has 0 bridgehead atoms. The van der Waals surface area contributed by atoms with E-state index in [4.69, 9.17) is 4.74 Å². The van der Waals surface area contributed by atoms with Gasteiger partial charge in [0.1, 0.15) is 0 Å². The number of ether oxygens (including phenoxy) is 1. The first-order chi connectivity index (χ1) is 13.6. The number of benzene rings is 1. The Hall–Kier alpha value is -2.93. The molecular formula is C21H24N4O3. The lowest BCUT2D eigenvalue weighted by Crippen LogP contribution is -2.41. The van der Waals surface area contributed by atoms with Crippen molar-refractivity contribution in [3.63, 3.8) is 0 Å². The number of hydrogen-bond donors (Lipinski definition) is 0. The monoisotopic (exact) mass is 380 g/mol. The second kappa shape index (κ2) is 7.59. The highest BCUT2D eigenvalue weighted by Crippen LogP contribution is 2.24. The van der Waals surface area contributed by atoms with Crippen LogP contribution < -0.4 is 5.56 Å². The minimum Gasteiger partial charge on any atom is -0.378 e. The molecule has 0 radical (unpaired) electrons. The smallest absolute Gasteiger partial charge is 0.263 e. The van der Waals surface area contributed by atoms with Gasteiger partial charge in [-0.25, -0.2) is 4.98 Å². The van der Waals surface area contributed by atoms with Crippen molar-refractivity contribution in [2.24, 2.45) is 0 Å². The Balaban J connectivity index is 1.65. The fraction of sp³-hybridized carbons (Fsp3) is 0.381. The van der Waals surface area contributed by atoms with Gasteiger partial charge in [0.2, 0.25) is 5.91 Å². The molecule has 2 aromatic heterocycles. The maximum absolute atomic E-state index is 13.1. The molecule has 1 aromatic carbocycles. The van der Waals surface area contributed by atoms with E-state index in [2.05, 4.69) is 4.98 Å². The van der Waals surface area contributed by atoms with Gasteiger partial charge in [0.25, 0.3) is 5.56 Å². The van der Waals surface area contributed by atoms with E-state index in [9.17, 15) is 9.59 Å². The first-order valence-electron chi connectivity index (χ1n) is 9.56. The Labute approximate surface area is 163 Å². The van der Waals surface area contributed by atoms with Crippen molar-refractivity contribution in [3.05, 3.63) is 58.3 Å². The molecule has 4 rings (SSSR count). The largest absolute Gasteiger partial charge is 0.378 e. The Bertz CT molecular complexity index is 1060. The molecule has 1 amide bonds. The van der Waals surface area contributed by atoms with Gasteiger partial charge in [0.05, 0.1) is 24.9 Å². The van der Waals surface area contributed by atoms with E-state index in [1.54, 1.807) is 15.8 Å². The lowest BCUT2D eigenvalue weighted by molar-refractivity contribution is -0.135. The fourth-order valence-corrected chi connectivity index (χ4v) is 3.72. The average molecular weight is 380 g/mol. The van der Waals surface area contributed by atoms with Gasteiger partial charge in [-0.15, -0.1) is 0 Å². The molecule has 1 saturated heterocycles. The van der Waals surface area contributed by atoms with Gasteiger partial charge in [-0.2, -0.15) is 0 Å². The second-order valence-corrected chi connectivity index (χ2v) is 7.07. The van der Waals surface area contributed by atoms with Gasteiger partial charge < -0.3 is 9.64 Å². The first-order valence-corrected chi connectivity index (χ1v) is 9.56. The van der Waals surface area contributed by atoms with Crippen LogP contribution in [0.25, 0.3) is 16.7 Å². The molecule has 3 aromatic rings. The number of morpholine rings is 1. The van der Waals surface area contributed by atoms with Crippen LogP contribution in [-0.4, -0.2) is 51.2 Å². The van der Waals surface area contributed by atoms with E-state index in [0.29, 0.717) is 43.9 Å². The van der Waals surface area contributed by atoms with Crippen LogP contribution in [0.1, 0.15) is 17.7 Å². The van der Waals surface area contributed by atoms with E-state index in [-0.39, 0.29) is 17.9 Å². The number of carbonyl (C=O) groups is 1. The zero-order chi connectivity index (χ0) is 19.7. The minimum absolute atomic E-state index is 0.0463. The zero-order valence-corrected chi connectivity index (χ0v) is 16.2. The summed E-state index contributed by atoms with van der Waals surface area (Å²) in [5, 5.41) is 0.614. The fourth-order valence-electron chi connectivity index (χ4n) is 3.72. The van der Waals surface area contributed by atoms with Crippen molar-refractivity contribution >= 4 is 16.9 Å². The van der Waals surface area contributed by atoms with Crippen LogP contribution in [0, 0.1) is 13.8 Å². The maximum atomic E-state index is 13.1. The predicted octanol–water partition coefficient (Wildman–Crippen LogP) is 2.05.